The van der Waals surface area contributed by atoms with Crippen LogP contribution in [0.4, 0.5) is 24.5 Å². The fraction of sp³-hybridized carbons (Fsp3) is 0.120. The molecule has 0 saturated heterocycles. The number of amides is 2. The van der Waals surface area contributed by atoms with Crippen molar-refractivity contribution in [3.8, 4) is 5.75 Å². The van der Waals surface area contributed by atoms with Gasteiger partial charge in [-0.05, 0) is 61.5 Å². The SMILES string of the molecule is CCOc1ccccc1NC1=C(Sc2ccc(Cl)cc2)C(=O)N(c2cc(C(F)(F)F)ccc2Cl)C1=O. The summed E-state index contributed by atoms with van der Waals surface area (Å²) < 4.78 is 45.7. The van der Waals surface area contributed by atoms with Crippen molar-refractivity contribution >= 4 is 58.2 Å². The van der Waals surface area contributed by atoms with Crippen LogP contribution in [-0.4, -0.2) is 18.4 Å². The van der Waals surface area contributed by atoms with Crippen molar-refractivity contribution in [3.05, 3.63) is 92.9 Å². The molecular weight excluding hydrogens is 536 g/mol. The van der Waals surface area contributed by atoms with Crippen LogP contribution in [-0.2, 0) is 15.8 Å². The molecule has 3 aromatic rings. The number of rotatable bonds is 7. The number of carbonyl (C=O) groups excluding carboxylic acids is 2. The van der Waals surface area contributed by atoms with Gasteiger partial charge in [0.1, 0.15) is 16.4 Å². The highest BCUT2D eigenvalue weighted by Gasteiger charge is 2.42. The third-order valence-corrected chi connectivity index (χ3v) is 6.70. The fourth-order valence-corrected chi connectivity index (χ4v) is 4.66. The van der Waals surface area contributed by atoms with E-state index in [-0.39, 0.29) is 21.3 Å². The Labute approximate surface area is 218 Å². The van der Waals surface area contributed by atoms with Gasteiger partial charge in [0.2, 0.25) is 0 Å². The van der Waals surface area contributed by atoms with Crippen molar-refractivity contribution in [2.75, 3.05) is 16.8 Å². The van der Waals surface area contributed by atoms with Crippen molar-refractivity contribution in [1.82, 2.24) is 0 Å². The molecule has 5 nitrogen and oxygen atoms in total. The van der Waals surface area contributed by atoms with Crippen LogP contribution >= 0.6 is 35.0 Å². The number of hydrogen-bond acceptors (Lipinski definition) is 5. The summed E-state index contributed by atoms with van der Waals surface area (Å²) in [6.07, 6.45) is -4.70. The zero-order valence-corrected chi connectivity index (χ0v) is 20.9. The van der Waals surface area contributed by atoms with E-state index in [0.717, 1.165) is 23.9 Å². The number of imide groups is 1. The van der Waals surface area contributed by atoms with Gasteiger partial charge < -0.3 is 10.1 Å². The van der Waals surface area contributed by atoms with Crippen LogP contribution in [0, 0.1) is 0 Å². The summed E-state index contributed by atoms with van der Waals surface area (Å²) in [5.41, 5.74) is -1.13. The van der Waals surface area contributed by atoms with E-state index in [1.165, 1.54) is 0 Å². The first-order valence-corrected chi connectivity index (χ1v) is 12.1. The van der Waals surface area contributed by atoms with Crippen molar-refractivity contribution < 1.29 is 27.5 Å². The Morgan fingerprint density at radius 2 is 1.67 bits per heavy atom. The number of halogens is 5. The van der Waals surface area contributed by atoms with E-state index in [1.54, 1.807) is 55.5 Å². The number of nitrogens with one attached hydrogen (secondary N) is 1. The predicted octanol–water partition coefficient (Wildman–Crippen LogP) is 7.40. The van der Waals surface area contributed by atoms with Gasteiger partial charge in [0, 0.05) is 9.92 Å². The summed E-state index contributed by atoms with van der Waals surface area (Å²) in [6, 6.07) is 15.8. The van der Waals surface area contributed by atoms with Crippen molar-refractivity contribution in [1.29, 1.82) is 0 Å². The van der Waals surface area contributed by atoms with E-state index >= 15 is 0 Å². The minimum absolute atomic E-state index is 0.0258. The van der Waals surface area contributed by atoms with Gasteiger partial charge in [-0.1, -0.05) is 47.1 Å². The van der Waals surface area contributed by atoms with Crippen LogP contribution in [0.25, 0.3) is 0 Å². The van der Waals surface area contributed by atoms with Crippen molar-refractivity contribution in [3.63, 3.8) is 0 Å². The lowest BCUT2D eigenvalue weighted by atomic mass is 10.2. The molecule has 4 rings (SSSR count). The zero-order chi connectivity index (χ0) is 26.0. The number of carbonyl (C=O) groups is 2. The lowest BCUT2D eigenvalue weighted by molar-refractivity contribution is -0.137. The highest BCUT2D eigenvalue weighted by molar-refractivity contribution is 8.04. The van der Waals surface area contributed by atoms with E-state index in [1.807, 2.05) is 0 Å². The Bertz CT molecular complexity index is 1360. The van der Waals surface area contributed by atoms with E-state index in [9.17, 15) is 22.8 Å². The Morgan fingerprint density at radius 3 is 2.33 bits per heavy atom. The molecule has 0 atom stereocenters. The normalized spacial score (nSPS) is 14.0. The number of ether oxygens (including phenoxy) is 1. The number of benzene rings is 3. The Hall–Kier alpha value is -3.14. The number of alkyl halides is 3. The summed E-state index contributed by atoms with van der Waals surface area (Å²) in [7, 11) is 0. The van der Waals surface area contributed by atoms with E-state index < -0.39 is 23.6 Å². The highest BCUT2D eigenvalue weighted by atomic mass is 35.5. The van der Waals surface area contributed by atoms with Gasteiger partial charge in [-0.2, -0.15) is 13.2 Å². The average molecular weight is 553 g/mol. The Morgan fingerprint density at radius 1 is 0.972 bits per heavy atom. The lowest BCUT2D eigenvalue weighted by Gasteiger charge is -2.19. The smallest absolute Gasteiger partial charge is 0.416 e. The molecule has 36 heavy (non-hydrogen) atoms. The van der Waals surface area contributed by atoms with Gasteiger partial charge in [-0.15, -0.1) is 0 Å². The van der Waals surface area contributed by atoms with Crippen molar-refractivity contribution in [2.45, 2.75) is 18.0 Å². The first-order chi connectivity index (χ1) is 17.1. The molecule has 0 unspecified atom stereocenters. The molecule has 3 aromatic carbocycles. The molecular formula is C25H17Cl2F3N2O3S. The first-order valence-electron chi connectivity index (χ1n) is 10.5. The molecule has 1 aliphatic rings. The molecule has 0 aromatic heterocycles. The quantitative estimate of drug-likeness (QED) is 0.309. The van der Waals surface area contributed by atoms with E-state index in [4.69, 9.17) is 27.9 Å². The van der Waals surface area contributed by atoms with E-state index in [2.05, 4.69) is 5.32 Å². The number of thioether (sulfide) groups is 1. The average Bonchev–Trinajstić information content (AvgIpc) is 3.05. The largest absolute Gasteiger partial charge is 0.492 e. The van der Waals surface area contributed by atoms with Crippen LogP contribution < -0.4 is 15.0 Å². The fourth-order valence-electron chi connectivity index (χ4n) is 3.40. The molecule has 0 radical (unpaired) electrons. The second kappa shape index (κ2) is 10.5. The van der Waals surface area contributed by atoms with Crippen LogP contribution in [0.1, 0.15) is 12.5 Å². The maximum atomic E-state index is 13.5. The summed E-state index contributed by atoms with van der Waals surface area (Å²) >= 11 is 13.1. The van der Waals surface area contributed by atoms with Gasteiger partial charge in [-0.3, -0.25) is 9.59 Å². The topological polar surface area (TPSA) is 58.6 Å². The summed E-state index contributed by atoms with van der Waals surface area (Å²) in [5, 5.41) is 3.24. The standard InChI is InChI=1S/C25H17Cl2F3N2O3S/c1-2-35-20-6-4-3-5-18(20)31-21-22(36-16-10-8-15(26)9-11-16)24(34)32(23(21)33)19-13-14(25(28,29)30)7-12-17(19)27/h3-13,31H,2H2,1H3. The minimum Gasteiger partial charge on any atom is -0.492 e. The summed E-state index contributed by atoms with van der Waals surface area (Å²) in [5.74, 6) is -1.25. The molecule has 0 aliphatic carbocycles. The zero-order valence-electron chi connectivity index (χ0n) is 18.5. The molecule has 1 aliphatic heterocycles. The molecule has 0 fully saturated rings. The third-order valence-electron chi connectivity index (χ3n) is 5.04. The Balaban J connectivity index is 1.80. The molecule has 0 bridgehead atoms. The maximum absolute atomic E-state index is 13.5. The van der Waals surface area contributed by atoms with Crippen LogP contribution in [0.5, 0.6) is 5.75 Å². The van der Waals surface area contributed by atoms with Crippen molar-refractivity contribution in [2.24, 2.45) is 0 Å². The minimum atomic E-state index is -4.70. The lowest BCUT2D eigenvalue weighted by Crippen LogP contribution is -2.33. The van der Waals surface area contributed by atoms with Crippen LogP contribution in [0.15, 0.2) is 82.2 Å². The molecule has 0 spiro atoms. The monoisotopic (exact) mass is 552 g/mol. The predicted molar refractivity (Wildman–Crippen MR) is 135 cm³/mol. The molecule has 186 valence electrons. The number of hydrogen-bond donors (Lipinski definition) is 1. The summed E-state index contributed by atoms with van der Waals surface area (Å²) in [4.78, 5) is 28.2. The van der Waals surface area contributed by atoms with Gasteiger partial charge in [0.05, 0.1) is 28.6 Å². The summed E-state index contributed by atoms with van der Waals surface area (Å²) in [6.45, 7) is 2.14. The molecule has 1 heterocycles. The number of para-hydroxylation sites is 2. The maximum Gasteiger partial charge on any atom is 0.416 e. The molecule has 0 saturated carbocycles. The molecule has 11 heteroatoms. The highest BCUT2D eigenvalue weighted by Crippen LogP contribution is 2.42. The molecule has 1 N–H and O–H groups in total. The van der Waals surface area contributed by atoms with Crippen LogP contribution in [0.2, 0.25) is 10.0 Å². The van der Waals surface area contributed by atoms with Crippen LogP contribution in [0.3, 0.4) is 0 Å². The van der Waals surface area contributed by atoms with Gasteiger partial charge in [0.15, 0.2) is 0 Å². The van der Waals surface area contributed by atoms with Gasteiger partial charge in [-0.25, -0.2) is 4.90 Å². The number of nitrogens with zero attached hydrogens (tertiary/aromatic N) is 1. The Kier molecular flexibility index (Phi) is 7.54. The second-order valence-electron chi connectivity index (χ2n) is 7.42. The third kappa shape index (κ3) is 5.33. The number of anilines is 2. The first kappa shape index (κ1) is 25.9. The van der Waals surface area contributed by atoms with Gasteiger partial charge >= 0.3 is 6.18 Å². The second-order valence-corrected chi connectivity index (χ2v) is 9.35. The van der Waals surface area contributed by atoms with Gasteiger partial charge in [0.25, 0.3) is 11.8 Å². The van der Waals surface area contributed by atoms with E-state index in [0.29, 0.717) is 38.9 Å². The molecule has 2 amide bonds.